The molecule has 3 rings (SSSR count). The highest BCUT2D eigenvalue weighted by atomic mass is 16.4. The van der Waals surface area contributed by atoms with Gasteiger partial charge in [0, 0.05) is 50.7 Å². The summed E-state index contributed by atoms with van der Waals surface area (Å²) in [5.74, 6) is 0.408. The Hall–Kier alpha value is -2.41. The predicted octanol–water partition coefficient (Wildman–Crippen LogP) is 1.40. The van der Waals surface area contributed by atoms with Gasteiger partial charge in [-0.25, -0.2) is 14.8 Å². The maximum Gasteiger partial charge on any atom is 0.371 e. The van der Waals surface area contributed by atoms with Gasteiger partial charge in [0.1, 0.15) is 5.76 Å². The summed E-state index contributed by atoms with van der Waals surface area (Å²) in [4.78, 5) is 23.9. The van der Waals surface area contributed by atoms with E-state index >= 15 is 0 Å². The summed E-state index contributed by atoms with van der Waals surface area (Å²) in [7, 11) is 0. The summed E-state index contributed by atoms with van der Waals surface area (Å²) in [5, 5.41) is 8.96. The fourth-order valence-electron chi connectivity index (χ4n) is 2.58. The minimum Gasteiger partial charge on any atom is -0.475 e. The molecule has 116 valence electrons. The second-order valence-corrected chi connectivity index (χ2v) is 5.31. The lowest BCUT2D eigenvalue weighted by Crippen LogP contribution is -2.46. The molecule has 1 aliphatic heterocycles. The lowest BCUT2D eigenvalue weighted by molar-refractivity contribution is 0.0661. The first-order valence-electron chi connectivity index (χ1n) is 7.20. The van der Waals surface area contributed by atoms with Gasteiger partial charge in [0.2, 0.25) is 11.7 Å². The highest BCUT2D eigenvalue weighted by Crippen LogP contribution is 2.18. The van der Waals surface area contributed by atoms with Crippen molar-refractivity contribution in [3.63, 3.8) is 0 Å². The third-order valence-electron chi connectivity index (χ3n) is 3.83. The van der Waals surface area contributed by atoms with Gasteiger partial charge in [-0.15, -0.1) is 0 Å². The molecule has 0 radical (unpaired) electrons. The molecule has 7 nitrogen and oxygen atoms in total. The van der Waals surface area contributed by atoms with Crippen molar-refractivity contribution < 1.29 is 14.3 Å². The monoisotopic (exact) mass is 302 g/mol. The molecule has 1 saturated heterocycles. The molecule has 3 heterocycles. The Balaban J connectivity index is 1.59. The van der Waals surface area contributed by atoms with Crippen LogP contribution in [0.15, 0.2) is 28.9 Å². The Morgan fingerprint density at radius 2 is 1.95 bits per heavy atom. The van der Waals surface area contributed by atoms with E-state index in [1.807, 2.05) is 6.07 Å². The van der Waals surface area contributed by atoms with Crippen molar-refractivity contribution in [1.29, 1.82) is 0 Å². The minimum atomic E-state index is -1.03. The van der Waals surface area contributed by atoms with E-state index in [0.29, 0.717) is 12.3 Å². The Bertz CT molecular complexity index is 648. The van der Waals surface area contributed by atoms with Crippen molar-refractivity contribution in [2.45, 2.75) is 13.5 Å². The van der Waals surface area contributed by atoms with Crippen LogP contribution in [0.25, 0.3) is 0 Å². The summed E-state index contributed by atoms with van der Waals surface area (Å²) in [6.45, 7) is 5.97. The normalized spacial score (nSPS) is 16.0. The molecule has 0 bridgehead atoms. The average Bonchev–Trinajstić information content (AvgIpc) is 2.90. The third kappa shape index (κ3) is 3.09. The van der Waals surface area contributed by atoms with Gasteiger partial charge in [0.15, 0.2) is 0 Å². The lowest BCUT2D eigenvalue weighted by Gasteiger charge is -2.34. The lowest BCUT2D eigenvalue weighted by atomic mass is 10.2. The van der Waals surface area contributed by atoms with Gasteiger partial charge in [0.05, 0.1) is 0 Å². The Kier molecular flexibility index (Phi) is 4.06. The van der Waals surface area contributed by atoms with Crippen LogP contribution in [-0.4, -0.2) is 52.1 Å². The zero-order valence-corrected chi connectivity index (χ0v) is 12.4. The van der Waals surface area contributed by atoms with Crippen LogP contribution < -0.4 is 4.90 Å². The van der Waals surface area contributed by atoms with E-state index in [2.05, 4.69) is 19.8 Å². The van der Waals surface area contributed by atoms with Crippen molar-refractivity contribution in [1.82, 2.24) is 14.9 Å². The Labute approximate surface area is 128 Å². The standard InChI is InChI=1S/C15H18N4O3/c1-11-12(9-13(22-11)14(20)21)10-18-5-7-19(8-6-18)15-16-3-2-4-17-15/h2-4,9H,5-8,10H2,1H3,(H,20,21). The minimum absolute atomic E-state index is 0.00354. The maximum atomic E-state index is 10.9. The molecule has 0 aromatic carbocycles. The number of carbonyl (C=O) groups is 1. The predicted molar refractivity (Wildman–Crippen MR) is 79.9 cm³/mol. The molecular formula is C15H18N4O3. The number of hydrogen-bond donors (Lipinski definition) is 1. The molecule has 7 heteroatoms. The summed E-state index contributed by atoms with van der Waals surface area (Å²) in [5.41, 5.74) is 0.932. The summed E-state index contributed by atoms with van der Waals surface area (Å²) in [6.07, 6.45) is 3.49. The molecular weight excluding hydrogens is 284 g/mol. The molecule has 1 fully saturated rings. The molecule has 0 spiro atoms. The number of anilines is 1. The Morgan fingerprint density at radius 3 is 2.55 bits per heavy atom. The maximum absolute atomic E-state index is 10.9. The average molecular weight is 302 g/mol. The fraction of sp³-hybridized carbons (Fsp3) is 0.400. The first-order valence-corrected chi connectivity index (χ1v) is 7.20. The van der Waals surface area contributed by atoms with Gasteiger partial charge in [-0.05, 0) is 19.1 Å². The van der Waals surface area contributed by atoms with E-state index in [1.165, 1.54) is 0 Å². The van der Waals surface area contributed by atoms with E-state index in [4.69, 9.17) is 9.52 Å². The smallest absolute Gasteiger partial charge is 0.371 e. The van der Waals surface area contributed by atoms with E-state index in [1.54, 1.807) is 25.4 Å². The van der Waals surface area contributed by atoms with E-state index in [9.17, 15) is 4.79 Å². The molecule has 1 aliphatic rings. The number of furan rings is 1. The number of aromatic nitrogens is 2. The van der Waals surface area contributed by atoms with Crippen LogP contribution in [0.3, 0.4) is 0 Å². The molecule has 0 unspecified atom stereocenters. The number of carboxylic acid groups (broad SMARTS) is 1. The number of nitrogens with zero attached hydrogens (tertiary/aromatic N) is 4. The van der Waals surface area contributed by atoms with Crippen LogP contribution in [0, 0.1) is 6.92 Å². The second kappa shape index (κ2) is 6.15. The van der Waals surface area contributed by atoms with Crippen LogP contribution >= 0.6 is 0 Å². The van der Waals surface area contributed by atoms with Gasteiger partial charge in [-0.3, -0.25) is 4.90 Å². The number of aromatic carboxylic acids is 1. The summed E-state index contributed by atoms with van der Waals surface area (Å²) < 4.78 is 5.25. The van der Waals surface area contributed by atoms with Gasteiger partial charge in [-0.1, -0.05) is 0 Å². The molecule has 1 N–H and O–H groups in total. The van der Waals surface area contributed by atoms with Crippen molar-refractivity contribution in [2.24, 2.45) is 0 Å². The topological polar surface area (TPSA) is 82.7 Å². The zero-order valence-electron chi connectivity index (χ0n) is 12.4. The Morgan fingerprint density at radius 1 is 1.27 bits per heavy atom. The first kappa shape index (κ1) is 14.5. The highest BCUT2D eigenvalue weighted by molar-refractivity contribution is 5.84. The van der Waals surface area contributed by atoms with Gasteiger partial charge < -0.3 is 14.4 Å². The molecule has 2 aromatic rings. The van der Waals surface area contributed by atoms with Gasteiger partial charge in [0.25, 0.3) is 0 Å². The molecule has 22 heavy (non-hydrogen) atoms. The van der Waals surface area contributed by atoms with E-state index in [-0.39, 0.29) is 5.76 Å². The van der Waals surface area contributed by atoms with Crippen molar-refractivity contribution in [2.75, 3.05) is 31.1 Å². The van der Waals surface area contributed by atoms with Crippen molar-refractivity contribution in [3.05, 3.63) is 41.6 Å². The SMILES string of the molecule is Cc1oc(C(=O)O)cc1CN1CCN(c2ncccn2)CC1. The number of piperazine rings is 1. The number of carboxylic acids is 1. The van der Waals surface area contributed by atoms with Crippen LogP contribution in [0.2, 0.25) is 0 Å². The summed E-state index contributed by atoms with van der Waals surface area (Å²) >= 11 is 0. The van der Waals surface area contributed by atoms with Gasteiger partial charge in [-0.2, -0.15) is 0 Å². The molecule has 2 aromatic heterocycles. The fourth-order valence-corrected chi connectivity index (χ4v) is 2.58. The number of aryl methyl sites for hydroxylation is 1. The van der Waals surface area contributed by atoms with Crippen molar-refractivity contribution in [3.8, 4) is 0 Å². The van der Waals surface area contributed by atoms with Crippen LogP contribution in [-0.2, 0) is 6.54 Å². The molecule has 0 aliphatic carbocycles. The largest absolute Gasteiger partial charge is 0.475 e. The molecule has 0 amide bonds. The van der Waals surface area contributed by atoms with Crippen molar-refractivity contribution >= 4 is 11.9 Å². The van der Waals surface area contributed by atoms with Crippen LogP contribution in [0.4, 0.5) is 5.95 Å². The third-order valence-corrected chi connectivity index (χ3v) is 3.83. The first-order chi connectivity index (χ1) is 10.6. The highest BCUT2D eigenvalue weighted by Gasteiger charge is 2.21. The molecule has 0 saturated carbocycles. The van der Waals surface area contributed by atoms with Crippen LogP contribution in [0.1, 0.15) is 21.9 Å². The van der Waals surface area contributed by atoms with Gasteiger partial charge >= 0.3 is 5.97 Å². The second-order valence-electron chi connectivity index (χ2n) is 5.31. The van der Waals surface area contributed by atoms with E-state index < -0.39 is 5.97 Å². The number of hydrogen-bond acceptors (Lipinski definition) is 6. The van der Waals surface area contributed by atoms with Crippen LogP contribution in [0.5, 0.6) is 0 Å². The van der Waals surface area contributed by atoms with E-state index in [0.717, 1.165) is 37.7 Å². The molecule has 0 atom stereocenters. The zero-order chi connectivity index (χ0) is 15.5. The quantitative estimate of drug-likeness (QED) is 0.914. The summed E-state index contributed by atoms with van der Waals surface area (Å²) in [6, 6.07) is 3.42. The number of rotatable bonds is 4.